The maximum Gasteiger partial charge on any atom is 0.125 e. The van der Waals surface area contributed by atoms with Gasteiger partial charge >= 0.3 is 0 Å². The number of aryl methyl sites for hydroxylation is 2. The molecule has 0 saturated carbocycles. The van der Waals surface area contributed by atoms with Crippen molar-refractivity contribution in [3.63, 3.8) is 0 Å². The molecule has 2 heterocycles. The summed E-state index contributed by atoms with van der Waals surface area (Å²) in [6.45, 7) is 4.14. The maximum absolute atomic E-state index is 10.9. The number of rotatable bonds is 4. The SMILES string of the molecule is Cc1ccc(O)c(C2=N/C(=C(/c3ccccc3)c3[nH]c(-c4cc(C)ccc4O)c4c3CCCC4)C3=C2CCCC3)c1. The summed E-state index contributed by atoms with van der Waals surface area (Å²) in [4.78, 5) is 9.28. The van der Waals surface area contributed by atoms with Gasteiger partial charge in [-0.15, -0.1) is 0 Å². The van der Waals surface area contributed by atoms with Crippen molar-refractivity contribution in [2.24, 2.45) is 4.99 Å². The highest BCUT2D eigenvalue weighted by Crippen LogP contribution is 2.47. The maximum atomic E-state index is 10.9. The largest absolute Gasteiger partial charge is 0.507 e. The molecule has 206 valence electrons. The highest BCUT2D eigenvalue weighted by Gasteiger charge is 2.33. The number of allylic oxidation sites excluding steroid dienone is 2. The summed E-state index contributed by atoms with van der Waals surface area (Å²) in [6, 6.07) is 22.3. The fourth-order valence-electron chi connectivity index (χ4n) is 6.97. The summed E-state index contributed by atoms with van der Waals surface area (Å²) >= 11 is 0. The van der Waals surface area contributed by atoms with Crippen molar-refractivity contribution in [2.75, 3.05) is 0 Å². The number of H-pyrrole nitrogens is 1. The Morgan fingerprint density at radius 1 is 0.683 bits per heavy atom. The first kappa shape index (κ1) is 25.6. The van der Waals surface area contributed by atoms with Gasteiger partial charge in [0.15, 0.2) is 0 Å². The summed E-state index contributed by atoms with van der Waals surface area (Å²) in [5, 5.41) is 21.9. The monoisotopic (exact) mass is 540 g/mol. The molecule has 3 N–H and O–H groups in total. The van der Waals surface area contributed by atoms with E-state index in [1.54, 1.807) is 12.1 Å². The molecule has 0 atom stereocenters. The fourth-order valence-corrected chi connectivity index (χ4v) is 6.97. The molecule has 4 heteroatoms. The third kappa shape index (κ3) is 4.42. The van der Waals surface area contributed by atoms with Crippen molar-refractivity contribution in [1.82, 2.24) is 4.98 Å². The van der Waals surface area contributed by atoms with E-state index in [-0.39, 0.29) is 5.75 Å². The highest BCUT2D eigenvalue weighted by atomic mass is 16.3. The normalized spacial score (nSPS) is 17.8. The summed E-state index contributed by atoms with van der Waals surface area (Å²) < 4.78 is 0. The Morgan fingerprint density at radius 2 is 1.29 bits per heavy atom. The van der Waals surface area contributed by atoms with E-state index in [0.29, 0.717) is 5.75 Å². The number of hydrogen-bond donors (Lipinski definition) is 3. The minimum atomic E-state index is 0.281. The van der Waals surface area contributed by atoms with Crippen LogP contribution in [-0.4, -0.2) is 20.9 Å². The summed E-state index contributed by atoms with van der Waals surface area (Å²) in [6.07, 6.45) is 8.50. The van der Waals surface area contributed by atoms with Gasteiger partial charge in [0.1, 0.15) is 11.5 Å². The number of phenolic OH excluding ortho intramolecular Hbond substituents is 2. The number of nitrogens with zero attached hydrogens (tertiary/aromatic N) is 1. The molecule has 4 aromatic rings. The molecule has 0 saturated heterocycles. The smallest absolute Gasteiger partial charge is 0.125 e. The second kappa shape index (κ2) is 10.3. The Bertz CT molecular complexity index is 1770. The van der Waals surface area contributed by atoms with Crippen LogP contribution in [-0.2, 0) is 12.8 Å². The zero-order valence-corrected chi connectivity index (χ0v) is 23.8. The Morgan fingerprint density at radius 3 is 2.02 bits per heavy atom. The zero-order chi connectivity index (χ0) is 28.1. The molecule has 0 unspecified atom stereocenters. The van der Waals surface area contributed by atoms with E-state index in [1.165, 1.54) is 22.3 Å². The highest BCUT2D eigenvalue weighted by molar-refractivity contribution is 6.18. The van der Waals surface area contributed by atoms with E-state index in [4.69, 9.17) is 4.99 Å². The van der Waals surface area contributed by atoms with Gasteiger partial charge in [-0.2, -0.15) is 0 Å². The van der Waals surface area contributed by atoms with Crippen molar-refractivity contribution in [2.45, 2.75) is 65.2 Å². The lowest BCUT2D eigenvalue weighted by molar-refractivity contribution is 0.474. The lowest BCUT2D eigenvalue weighted by Gasteiger charge is -2.19. The standard InChI is InChI=1S/C37H36N2O2/c1-22-16-18-31(40)29(20-22)34-25-12-6-8-14-27(25)36(38-34)33(24-10-4-3-5-11-24)37-28-15-9-7-13-26(28)35(39-37)30-21-23(2)17-19-32(30)41/h3-5,10-11,16-21,38,40-41H,6-9,12-15H2,1-2H3/b37-33-. The van der Waals surface area contributed by atoms with Crippen molar-refractivity contribution < 1.29 is 10.2 Å². The molecule has 4 nitrogen and oxygen atoms in total. The van der Waals surface area contributed by atoms with Crippen LogP contribution in [0.5, 0.6) is 11.5 Å². The molecule has 0 amide bonds. The first-order valence-electron chi connectivity index (χ1n) is 14.9. The van der Waals surface area contributed by atoms with E-state index in [9.17, 15) is 10.2 Å². The quantitative estimate of drug-likeness (QED) is 0.242. The van der Waals surface area contributed by atoms with Crippen LogP contribution in [0.4, 0.5) is 0 Å². The summed E-state index contributed by atoms with van der Waals surface area (Å²) in [5.41, 5.74) is 15.5. The van der Waals surface area contributed by atoms with Crippen molar-refractivity contribution in [1.29, 1.82) is 0 Å². The third-order valence-electron chi connectivity index (χ3n) is 8.96. The van der Waals surface area contributed by atoms with Gasteiger partial charge in [0.2, 0.25) is 0 Å². The molecule has 2 aliphatic carbocycles. The number of aromatic nitrogens is 1. The van der Waals surface area contributed by atoms with E-state index in [2.05, 4.69) is 61.3 Å². The van der Waals surface area contributed by atoms with Crippen molar-refractivity contribution >= 4 is 11.3 Å². The number of fused-ring (bicyclic) bond motifs is 1. The Balaban J connectivity index is 1.54. The van der Waals surface area contributed by atoms with Gasteiger partial charge in [-0.05, 0) is 117 Å². The van der Waals surface area contributed by atoms with Gasteiger partial charge in [0, 0.05) is 16.7 Å². The van der Waals surface area contributed by atoms with Crippen LogP contribution in [0.2, 0.25) is 0 Å². The van der Waals surface area contributed by atoms with Gasteiger partial charge in [-0.25, -0.2) is 4.99 Å². The fraction of sp³-hybridized carbons (Fsp3) is 0.270. The second-order valence-corrected chi connectivity index (χ2v) is 11.8. The third-order valence-corrected chi connectivity index (χ3v) is 8.96. The number of aromatic amines is 1. The summed E-state index contributed by atoms with van der Waals surface area (Å²) in [5.74, 6) is 0.586. The predicted octanol–water partition coefficient (Wildman–Crippen LogP) is 8.72. The number of phenols is 2. The molecule has 0 fully saturated rings. The molecule has 7 rings (SSSR count). The number of nitrogens with one attached hydrogen (secondary N) is 1. The van der Waals surface area contributed by atoms with E-state index >= 15 is 0 Å². The van der Waals surface area contributed by atoms with E-state index in [1.807, 2.05) is 12.1 Å². The van der Waals surface area contributed by atoms with Gasteiger partial charge in [-0.1, -0.05) is 53.6 Å². The van der Waals surface area contributed by atoms with Crippen molar-refractivity contribution in [3.8, 4) is 22.8 Å². The first-order chi connectivity index (χ1) is 20.0. The number of aliphatic imine (C=N–C) groups is 1. The van der Waals surface area contributed by atoms with Crippen LogP contribution < -0.4 is 0 Å². The van der Waals surface area contributed by atoms with Gasteiger partial charge in [0.05, 0.1) is 22.8 Å². The number of benzene rings is 3. The molecule has 0 bridgehead atoms. The molecule has 1 aromatic heterocycles. The molecule has 3 aliphatic rings. The minimum absolute atomic E-state index is 0.281. The van der Waals surface area contributed by atoms with E-state index in [0.717, 1.165) is 108 Å². The van der Waals surface area contributed by atoms with Crippen LogP contribution in [0.15, 0.2) is 88.6 Å². The van der Waals surface area contributed by atoms with Crippen LogP contribution in [0, 0.1) is 13.8 Å². The number of aromatic hydroxyl groups is 2. The molecule has 1 aliphatic heterocycles. The van der Waals surface area contributed by atoms with Gasteiger partial charge in [-0.3, -0.25) is 0 Å². The molecular weight excluding hydrogens is 504 g/mol. The molecule has 3 aromatic carbocycles. The topological polar surface area (TPSA) is 68.6 Å². The number of hydrogen-bond acceptors (Lipinski definition) is 3. The van der Waals surface area contributed by atoms with Crippen LogP contribution in [0.3, 0.4) is 0 Å². The Hall–Kier alpha value is -4.31. The Labute approximate surface area is 241 Å². The molecule has 0 spiro atoms. The van der Waals surface area contributed by atoms with Gasteiger partial charge in [0.25, 0.3) is 0 Å². The van der Waals surface area contributed by atoms with E-state index < -0.39 is 0 Å². The second-order valence-electron chi connectivity index (χ2n) is 11.8. The predicted molar refractivity (Wildman–Crippen MR) is 167 cm³/mol. The lowest BCUT2D eigenvalue weighted by atomic mass is 9.84. The van der Waals surface area contributed by atoms with Gasteiger partial charge < -0.3 is 15.2 Å². The minimum Gasteiger partial charge on any atom is -0.507 e. The lowest BCUT2D eigenvalue weighted by Crippen LogP contribution is -2.07. The van der Waals surface area contributed by atoms with Crippen LogP contribution in [0.25, 0.3) is 16.8 Å². The molecule has 41 heavy (non-hydrogen) atoms. The average molecular weight is 541 g/mol. The first-order valence-corrected chi connectivity index (χ1v) is 14.9. The summed E-state index contributed by atoms with van der Waals surface area (Å²) in [7, 11) is 0. The Kier molecular flexibility index (Phi) is 6.42. The zero-order valence-electron chi connectivity index (χ0n) is 23.8. The molecular formula is C37H36N2O2. The van der Waals surface area contributed by atoms with Crippen molar-refractivity contribution in [3.05, 3.63) is 123 Å². The average Bonchev–Trinajstić information content (AvgIpc) is 3.56. The van der Waals surface area contributed by atoms with Crippen LogP contribution >= 0.6 is 0 Å². The van der Waals surface area contributed by atoms with Crippen LogP contribution in [0.1, 0.15) is 77.6 Å². The molecule has 0 radical (unpaired) electrons.